The third kappa shape index (κ3) is 4.09. The molecule has 1 aromatic heterocycles. The number of aliphatic hydroxyl groups excluding tert-OH is 1. The summed E-state index contributed by atoms with van der Waals surface area (Å²) in [6, 6.07) is 11.8. The van der Waals surface area contributed by atoms with Crippen LogP contribution in [-0.4, -0.2) is 39.4 Å². The van der Waals surface area contributed by atoms with Crippen LogP contribution in [0.2, 0.25) is 0 Å². The first-order chi connectivity index (χ1) is 13.8. The van der Waals surface area contributed by atoms with Crippen molar-refractivity contribution in [2.45, 2.75) is 33.4 Å². The first-order valence-electron chi connectivity index (χ1n) is 9.26. The lowest BCUT2D eigenvalue weighted by molar-refractivity contribution is 0.0312. The van der Waals surface area contributed by atoms with Gasteiger partial charge in [0.2, 0.25) is 5.78 Å². The highest BCUT2D eigenvalue weighted by Gasteiger charge is 2.24. The Labute approximate surface area is 167 Å². The van der Waals surface area contributed by atoms with Gasteiger partial charge in [0, 0.05) is 10.9 Å². The van der Waals surface area contributed by atoms with Gasteiger partial charge in [-0.3, -0.25) is 9.59 Å². The van der Waals surface area contributed by atoms with E-state index in [2.05, 4.69) is 5.10 Å². The Morgan fingerprint density at radius 2 is 1.79 bits per heavy atom. The number of benzene rings is 2. The SMILES string of the molecule is Cc1ccc(C(=O)[C@@H](C)OC(=O)c2nn(CCO)c(=O)c3ccccc23)cc1C. The lowest BCUT2D eigenvalue weighted by Crippen LogP contribution is -2.30. The Balaban J connectivity index is 1.93. The molecule has 1 heterocycles. The highest BCUT2D eigenvalue weighted by molar-refractivity contribution is 6.05. The molecule has 150 valence electrons. The van der Waals surface area contributed by atoms with Crippen molar-refractivity contribution in [1.29, 1.82) is 0 Å². The molecule has 3 rings (SSSR count). The van der Waals surface area contributed by atoms with Gasteiger partial charge in [0.1, 0.15) is 0 Å². The number of hydrogen-bond acceptors (Lipinski definition) is 6. The maximum absolute atomic E-state index is 12.8. The molecule has 0 saturated heterocycles. The Morgan fingerprint density at radius 3 is 2.45 bits per heavy atom. The maximum atomic E-state index is 12.8. The molecule has 3 aromatic rings. The van der Waals surface area contributed by atoms with Crippen LogP contribution in [0, 0.1) is 13.8 Å². The van der Waals surface area contributed by atoms with Crippen molar-refractivity contribution in [2.75, 3.05) is 6.61 Å². The van der Waals surface area contributed by atoms with Gasteiger partial charge in [0.25, 0.3) is 5.56 Å². The van der Waals surface area contributed by atoms with Crippen molar-refractivity contribution in [2.24, 2.45) is 0 Å². The second-order valence-corrected chi connectivity index (χ2v) is 6.86. The Hall–Kier alpha value is -3.32. The van der Waals surface area contributed by atoms with Crippen LogP contribution in [0.3, 0.4) is 0 Å². The molecule has 0 aliphatic rings. The van der Waals surface area contributed by atoms with E-state index in [1.165, 1.54) is 6.92 Å². The van der Waals surface area contributed by atoms with E-state index in [4.69, 9.17) is 4.74 Å². The summed E-state index contributed by atoms with van der Waals surface area (Å²) in [5, 5.41) is 13.9. The van der Waals surface area contributed by atoms with Crippen molar-refractivity contribution in [3.63, 3.8) is 0 Å². The fraction of sp³-hybridized carbons (Fsp3) is 0.273. The standard InChI is InChI=1S/C22H22N2O5/c1-13-8-9-16(12-14(13)2)20(26)15(3)29-22(28)19-17-6-4-5-7-18(17)21(27)24(23-19)10-11-25/h4-9,12,15,25H,10-11H2,1-3H3/t15-/m1/s1. The van der Waals surface area contributed by atoms with Gasteiger partial charge in [-0.05, 0) is 44.0 Å². The molecule has 29 heavy (non-hydrogen) atoms. The van der Waals surface area contributed by atoms with Gasteiger partial charge in [-0.1, -0.05) is 30.3 Å². The van der Waals surface area contributed by atoms with Crippen molar-refractivity contribution < 1.29 is 19.4 Å². The van der Waals surface area contributed by atoms with Gasteiger partial charge in [-0.2, -0.15) is 5.10 Å². The van der Waals surface area contributed by atoms with Crippen molar-refractivity contribution >= 4 is 22.5 Å². The quantitative estimate of drug-likeness (QED) is 0.509. The van der Waals surface area contributed by atoms with Gasteiger partial charge in [-0.25, -0.2) is 9.48 Å². The van der Waals surface area contributed by atoms with E-state index in [-0.39, 0.29) is 30.0 Å². The molecule has 0 bridgehead atoms. The molecule has 0 spiro atoms. The zero-order valence-corrected chi connectivity index (χ0v) is 16.5. The van der Waals surface area contributed by atoms with Crippen LogP contribution in [-0.2, 0) is 11.3 Å². The second-order valence-electron chi connectivity index (χ2n) is 6.86. The molecule has 7 heteroatoms. The van der Waals surface area contributed by atoms with Crippen LogP contribution in [0.15, 0.2) is 47.3 Å². The topological polar surface area (TPSA) is 98.5 Å². The van der Waals surface area contributed by atoms with E-state index in [1.54, 1.807) is 36.4 Å². The van der Waals surface area contributed by atoms with Gasteiger partial charge in [-0.15, -0.1) is 0 Å². The number of ether oxygens (including phenoxy) is 1. The third-order valence-corrected chi connectivity index (χ3v) is 4.82. The van der Waals surface area contributed by atoms with Crippen LogP contribution in [0.25, 0.3) is 10.8 Å². The number of esters is 1. The first kappa shape index (κ1) is 20.4. The smallest absolute Gasteiger partial charge is 0.360 e. The van der Waals surface area contributed by atoms with Crippen LogP contribution in [0.5, 0.6) is 0 Å². The predicted octanol–water partition coefficient (Wildman–Crippen LogP) is 2.43. The summed E-state index contributed by atoms with van der Waals surface area (Å²) in [6.07, 6.45) is -1.02. The number of fused-ring (bicyclic) bond motifs is 1. The van der Waals surface area contributed by atoms with Crippen LogP contribution < -0.4 is 5.56 Å². The molecule has 1 N–H and O–H groups in total. The average Bonchev–Trinajstić information content (AvgIpc) is 2.71. The van der Waals surface area contributed by atoms with Crippen molar-refractivity contribution in [3.05, 3.63) is 75.2 Å². The summed E-state index contributed by atoms with van der Waals surface area (Å²) in [4.78, 5) is 37.9. The molecule has 0 aliphatic heterocycles. The summed E-state index contributed by atoms with van der Waals surface area (Å²) in [5.74, 6) is -1.13. The molecule has 0 saturated carbocycles. The van der Waals surface area contributed by atoms with Gasteiger partial charge >= 0.3 is 5.97 Å². The monoisotopic (exact) mass is 394 g/mol. The number of rotatable bonds is 6. The Bertz CT molecular complexity index is 1150. The van der Waals surface area contributed by atoms with Crippen LogP contribution in [0.4, 0.5) is 0 Å². The first-order valence-corrected chi connectivity index (χ1v) is 9.26. The predicted molar refractivity (Wildman–Crippen MR) is 108 cm³/mol. The fourth-order valence-electron chi connectivity index (χ4n) is 3.03. The highest BCUT2D eigenvalue weighted by Crippen LogP contribution is 2.17. The van der Waals surface area contributed by atoms with E-state index in [0.717, 1.165) is 15.8 Å². The van der Waals surface area contributed by atoms with Gasteiger partial charge in [0.05, 0.1) is 18.5 Å². The molecular weight excluding hydrogens is 372 g/mol. The lowest BCUT2D eigenvalue weighted by Gasteiger charge is -2.14. The van der Waals surface area contributed by atoms with E-state index < -0.39 is 17.6 Å². The maximum Gasteiger partial charge on any atom is 0.360 e. The fourth-order valence-corrected chi connectivity index (χ4v) is 3.03. The van der Waals surface area contributed by atoms with Crippen molar-refractivity contribution in [1.82, 2.24) is 9.78 Å². The third-order valence-electron chi connectivity index (χ3n) is 4.82. The number of carbonyl (C=O) groups excluding carboxylic acids is 2. The van der Waals surface area contributed by atoms with Gasteiger partial charge in [0.15, 0.2) is 11.8 Å². The zero-order chi connectivity index (χ0) is 21.1. The Kier molecular flexibility index (Phi) is 5.89. The molecule has 7 nitrogen and oxygen atoms in total. The summed E-state index contributed by atoms with van der Waals surface area (Å²) in [7, 11) is 0. The molecule has 0 radical (unpaired) electrons. The number of hydrogen-bond donors (Lipinski definition) is 1. The number of nitrogens with zero attached hydrogens (tertiary/aromatic N) is 2. The molecule has 1 atom stereocenters. The molecule has 0 amide bonds. The number of Topliss-reactive ketones (excluding diaryl/α,β-unsaturated/α-hetero) is 1. The highest BCUT2D eigenvalue weighted by atomic mass is 16.5. The molecular formula is C22H22N2O5. The number of aromatic nitrogens is 2. The van der Waals surface area contributed by atoms with E-state index >= 15 is 0 Å². The van der Waals surface area contributed by atoms with Crippen LogP contribution in [0.1, 0.15) is 38.9 Å². The minimum Gasteiger partial charge on any atom is -0.449 e. The minimum absolute atomic E-state index is 0.0545. The minimum atomic E-state index is -1.02. The number of aryl methyl sites for hydroxylation is 2. The molecule has 2 aromatic carbocycles. The van der Waals surface area contributed by atoms with E-state index in [9.17, 15) is 19.5 Å². The second kappa shape index (κ2) is 8.36. The van der Waals surface area contributed by atoms with Gasteiger partial charge < -0.3 is 9.84 Å². The normalized spacial score (nSPS) is 12.0. The summed E-state index contributed by atoms with van der Waals surface area (Å²) >= 11 is 0. The number of carbonyl (C=O) groups is 2. The number of aliphatic hydroxyl groups is 1. The van der Waals surface area contributed by atoms with Crippen molar-refractivity contribution in [3.8, 4) is 0 Å². The van der Waals surface area contributed by atoms with E-state index in [0.29, 0.717) is 10.9 Å². The molecule has 0 aliphatic carbocycles. The number of ketones is 1. The molecule has 0 fully saturated rings. The zero-order valence-electron chi connectivity index (χ0n) is 16.5. The summed E-state index contributed by atoms with van der Waals surface area (Å²) in [5.41, 5.74) is 2.00. The average molecular weight is 394 g/mol. The largest absolute Gasteiger partial charge is 0.449 e. The lowest BCUT2D eigenvalue weighted by atomic mass is 10.0. The van der Waals surface area contributed by atoms with Crippen LogP contribution >= 0.6 is 0 Å². The van der Waals surface area contributed by atoms with E-state index in [1.807, 2.05) is 19.9 Å². The summed E-state index contributed by atoms with van der Waals surface area (Å²) < 4.78 is 6.40. The Morgan fingerprint density at radius 1 is 1.10 bits per heavy atom. The molecule has 0 unspecified atom stereocenters. The summed E-state index contributed by atoms with van der Waals surface area (Å²) in [6.45, 7) is 5.00.